The van der Waals surface area contributed by atoms with Crippen LogP contribution < -0.4 is 16.8 Å². The van der Waals surface area contributed by atoms with Gasteiger partial charge in [-0.1, -0.05) is 5.16 Å². The van der Waals surface area contributed by atoms with Gasteiger partial charge in [-0.05, 0) is 6.08 Å². The predicted octanol–water partition coefficient (Wildman–Crippen LogP) is -1.07. The highest BCUT2D eigenvalue weighted by molar-refractivity contribution is 8.00. The van der Waals surface area contributed by atoms with Gasteiger partial charge in [-0.25, -0.2) is 9.78 Å². The van der Waals surface area contributed by atoms with Gasteiger partial charge in [0, 0.05) is 22.8 Å². The number of β-lactam (4-membered cyclic amide) rings is 1. The lowest BCUT2D eigenvalue weighted by molar-refractivity contribution is -0.879. The minimum atomic E-state index is -1.23. The zero-order chi connectivity index (χ0) is 25.9. The largest absolute Gasteiger partial charge is 0.477 e. The van der Waals surface area contributed by atoms with Crippen LogP contribution in [0.2, 0.25) is 0 Å². The number of hydrogen-bond acceptors (Lipinski definition) is 10. The summed E-state index contributed by atoms with van der Waals surface area (Å²) in [5, 5.41) is 17.4. The second-order valence-corrected chi connectivity index (χ2v) is 10.4. The van der Waals surface area contributed by atoms with Crippen molar-refractivity contribution < 1.29 is 33.6 Å². The summed E-state index contributed by atoms with van der Waals surface area (Å²) in [5.74, 6) is -2.68. The molecule has 6 N–H and O–H groups in total. The van der Waals surface area contributed by atoms with Gasteiger partial charge in [0.2, 0.25) is 5.91 Å². The molecule has 1 fully saturated rings. The van der Waals surface area contributed by atoms with Crippen LogP contribution >= 0.6 is 23.1 Å². The maximum absolute atomic E-state index is 13.0. The number of nitrogens with one attached hydrogen (secondary N) is 1. The van der Waals surface area contributed by atoms with E-state index in [4.69, 9.17) is 16.3 Å². The predicted molar refractivity (Wildman–Crippen MR) is 130 cm³/mol. The molecule has 1 saturated heterocycles. The van der Waals surface area contributed by atoms with Gasteiger partial charge in [0.15, 0.2) is 10.8 Å². The third-order valence-corrected chi connectivity index (χ3v) is 7.21. The Balaban J connectivity index is 1.77. The summed E-state index contributed by atoms with van der Waals surface area (Å²) in [6.45, 7) is 0.768. The Kier molecular flexibility index (Phi) is 7.82. The van der Waals surface area contributed by atoms with E-state index in [-0.39, 0.29) is 22.2 Å². The number of thiazole rings is 1. The van der Waals surface area contributed by atoms with Gasteiger partial charge in [0.05, 0.1) is 20.6 Å². The molecule has 0 aliphatic carbocycles. The summed E-state index contributed by atoms with van der Waals surface area (Å²) >= 11 is 2.47. The van der Waals surface area contributed by atoms with Crippen molar-refractivity contribution in [2.45, 2.75) is 11.4 Å². The number of carbonyl (C=O) groups excluding carboxylic acids is 3. The van der Waals surface area contributed by atoms with Crippen LogP contribution in [0, 0.1) is 0 Å². The third-order valence-electron chi connectivity index (χ3n) is 5.20. The Hall–Kier alpha value is -3.43. The molecule has 15 heteroatoms. The Morgan fingerprint density at radius 1 is 1.43 bits per heavy atom. The van der Waals surface area contributed by atoms with Crippen molar-refractivity contribution in [3.63, 3.8) is 0 Å². The van der Waals surface area contributed by atoms with Gasteiger partial charge in [0.25, 0.3) is 11.8 Å². The number of aliphatic carboxylic acids is 1. The number of quaternary nitrogens is 1. The Labute approximate surface area is 209 Å². The Bertz CT molecular complexity index is 1140. The number of fused-ring (bicyclic) bond motifs is 1. The molecule has 1 aromatic heterocycles. The molecule has 2 atom stereocenters. The fraction of sp³-hybridized carbons (Fsp3) is 0.400. The fourth-order valence-corrected chi connectivity index (χ4v) is 5.63. The highest BCUT2D eigenvalue weighted by Crippen LogP contribution is 2.40. The number of aromatic nitrogens is 1. The van der Waals surface area contributed by atoms with Gasteiger partial charge in [-0.15, -0.1) is 23.1 Å². The number of carboxylic acid groups (broad SMARTS) is 1. The number of thioether (sulfide) groups is 1. The molecule has 13 nitrogen and oxygen atoms in total. The van der Waals surface area contributed by atoms with Crippen LogP contribution in [-0.2, 0) is 24.0 Å². The highest BCUT2D eigenvalue weighted by atomic mass is 32.2. The molecule has 2 aliphatic heterocycles. The van der Waals surface area contributed by atoms with E-state index >= 15 is 0 Å². The summed E-state index contributed by atoms with van der Waals surface area (Å²) in [7, 11) is 5.01. The Morgan fingerprint density at radius 3 is 2.71 bits per heavy atom. The number of likely N-dealkylation sites (N-methyl/N-ethyl adjacent to an activating group) is 1. The molecule has 0 unspecified atom stereocenters. The third kappa shape index (κ3) is 5.80. The minimum Gasteiger partial charge on any atom is -0.477 e. The van der Waals surface area contributed by atoms with Crippen LogP contribution in [0.3, 0.4) is 0 Å². The maximum Gasteiger partial charge on any atom is 0.352 e. The molecule has 3 heterocycles. The molecule has 0 aromatic carbocycles. The molecule has 0 bridgehead atoms. The van der Waals surface area contributed by atoms with Crippen LogP contribution in [0.25, 0.3) is 0 Å². The zero-order valence-electron chi connectivity index (χ0n) is 19.3. The van der Waals surface area contributed by atoms with E-state index in [1.807, 2.05) is 14.1 Å². The van der Waals surface area contributed by atoms with Crippen molar-refractivity contribution in [3.8, 4) is 0 Å². The quantitative estimate of drug-likeness (QED) is 0.0970. The summed E-state index contributed by atoms with van der Waals surface area (Å²) in [6.07, 6.45) is 2.88. The molecule has 3 amide bonds. The zero-order valence-corrected chi connectivity index (χ0v) is 20.9. The number of hydrogen-bond donors (Lipinski definition) is 4. The van der Waals surface area contributed by atoms with Gasteiger partial charge in [-0.2, -0.15) is 0 Å². The topological polar surface area (TPSA) is 190 Å². The number of carboxylic acids is 1. The van der Waals surface area contributed by atoms with E-state index in [9.17, 15) is 24.3 Å². The number of nitrogen functional groups attached to an aromatic ring is 1. The lowest BCUT2D eigenvalue weighted by Gasteiger charge is -2.49. The van der Waals surface area contributed by atoms with Crippen molar-refractivity contribution >= 4 is 57.6 Å². The first-order chi connectivity index (χ1) is 16.4. The van der Waals surface area contributed by atoms with E-state index in [1.54, 1.807) is 6.08 Å². The SMILES string of the molecule is CO/N=C(\C(=O)N[C@@H]1C(=O)N2C(C(=O)O)=C(C[N+](C)(C)C/C=C/C(N)=O)CS[C@H]12)c1csc(N)n1. The average Bonchev–Trinajstić information content (AvgIpc) is 3.20. The average molecular weight is 525 g/mol. The highest BCUT2D eigenvalue weighted by Gasteiger charge is 2.55. The lowest BCUT2D eigenvalue weighted by Crippen LogP contribution is -2.71. The van der Waals surface area contributed by atoms with Crippen molar-refractivity contribution in [1.82, 2.24) is 15.2 Å². The van der Waals surface area contributed by atoms with E-state index in [0.717, 1.165) is 11.3 Å². The van der Waals surface area contributed by atoms with Gasteiger partial charge in [0.1, 0.15) is 36.5 Å². The summed E-state index contributed by atoms with van der Waals surface area (Å²) in [4.78, 5) is 58.8. The van der Waals surface area contributed by atoms with Crippen molar-refractivity contribution in [2.24, 2.45) is 10.9 Å². The number of rotatable bonds is 10. The van der Waals surface area contributed by atoms with Gasteiger partial charge >= 0.3 is 5.97 Å². The molecule has 35 heavy (non-hydrogen) atoms. The first-order valence-electron chi connectivity index (χ1n) is 10.3. The molecular formula is C20H26N7O6S2+. The molecule has 3 rings (SSSR count). The van der Waals surface area contributed by atoms with Gasteiger partial charge in [-0.3, -0.25) is 19.3 Å². The summed E-state index contributed by atoms with van der Waals surface area (Å²) in [6, 6.07) is -0.942. The molecule has 0 spiro atoms. The van der Waals surface area contributed by atoms with Crippen LogP contribution in [0.1, 0.15) is 5.69 Å². The number of primary amides is 1. The van der Waals surface area contributed by atoms with Crippen molar-refractivity contribution in [3.05, 3.63) is 34.5 Å². The molecule has 0 radical (unpaired) electrons. The van der Waals surface area contributed by atoms with Crippen LogP contribution in [0.5, 0.6) is 0 Å². The second-order valence-electron chi connectivity index (χ2n) is 8.39. The van der Waals surface area contributed by atoms with Crippen LogP contribution in [-0.4, -0.2) is 100 Å². The first-order valence-corrected chi connectivity index (χ1v) is 12.2. The summed E-state index contributed by atoms with van der Waals surface area (Å²) < 4.78 is 0.344. The van der Waals surface area contributed by atoms with Crippen molar-refractivity contribution in [1.29, 1.82) is 0 Å². The van der Waals surface area contributed by atoms with Crippen molar-refractivity contribution in [2.75, 3.05) is 45.8 Å². The molecule has 0 saturated carbocycles. The van der Waals surface area contributed by atoms with Crippen LogP contribution in [0.4, 0.5) is 5.13 Å². The molecule has 1 aromatic rings. The number of anilines is 1. The second kappa shape index (κ2) is 10.5. The standard InChI is InChI=1S/C20H25N7O6S2/c1-27(2,6-4-5-12(21)28)7-10-8-34-18-14(17(30)26(18)15(10)19(31)32)24-16(29)13(25-33-3)11-9-35-20(22)23-11/h4-5,9,14,18H,6-8H2,1-3H3,(H5-,21,22,23,24,28,29,31,32)/p+1/b5-4+,25-13-/t14-,18-/m1/s1. The molecule has 2 aliphatic rings. The van der Waals surface area contributed by atoms with E-state index in [2.05, 4.69) is 15.5 Å². The minimum absolute atomic E-state index is 0.0904. The number of nitrogens with zero attached hydrogens (tertiary/aromatic N) is 4. The first kappa shape index (κ1) is 26.2. The fourth-order valence-electron chi connectivity index (χ4n) is 3.74. The van der Waals surface area contributed by atoms with Gasteiger partial charge < -0.3 is 31.2 Å². The van der Waals surface area contributed by atoms with E-state index < -0.39 is 35.1 Å². The molecule has 188 valence electrons. The number of carbonyl (C=O) groups is 4. The monoisotopic (exact) mass is 524 g/mol. The lowest BCUT2D eigenvalue weighted by atomic mass is 10.0. The van der Waals surface area contributed by atoms with E-state index in [1.165, 1.54) is 35.2 Å². The van der Waals surface area contributed by atoms with E-state index in [0.29, 0.717) is 28.9 Å². The number of nitrogens with two attached hydrogens (primary N) is 2. The summed E-state index contributed by atoms with van der Waals surface area (Å²) in [5.41, 5.74) is 11.3. The normalized spacial score (nSPS) is 20.5. The maximum atomic E-state index is 13.0. The smallest absolute Gasteiger partial charge is 0.352 e. The Morgan fingerprint density at radius 2 is 2.14 bits per heavy atom. The number of oxime groups is 1. The number of amides is 3. The molecular weight excluding hydrogens is 498 g/mol. The van der Waals surface area contributed by atoms with Crippen LogP contribution in [0.15, 0.2) is 34.0 Å².